The van der Waals surface area contributed by atoms with Gasteiger partial charge in [-0.3, -0.25) is 0 Å². The molecule has 3 aromatic rings. The molecule has 0 bridgehead atoms. The van der Waals surface area contributed by atoms with E-state index in [1.807, 2.05) is 50.4 Å². The summed E-state index contributed by atoms with van der Waals surface area (Å²) in [5, 5.41) is 4.27. The lowest BCUT2D eigenvalue weighted by Crippen LogP contribution is -2.13. The molecule has 0 atom stereocenters. The monoisotopic (exact) mass is 377 g/mol. The number of rotatable bonds is 6. The lowest BCUT2D eigenvalue weighted by atomic mass is 10.0. The lowest BCUT2D eigenvalue weighted by molar-refractivity contribution is 0.410. The minimum Gasteiger partial charge on any atom is -0.497 e. The maximum atomic E-state index is 6.14. The molecule has 0 radical (unpaired) electrons. The molecule has 3 rings (SSSR count). The third kappa shape index (κ3) is 4.06. The van der Waals surface area contributed by atoms with Crippen molar-refractivity contribution in [2.24, 2.45) is 4.99 Å². The van der Waals surface area contributed by atoms with E-state index in [1.165, 1.54) is 6.20 Å². The highest BCUT2D eigenvalue weighted by atomic mass is 16.5. The normalized spacial score (nSPS) is 11.2. The average molecular weight is 377 g/mol. The Morgan fingerprint density at radius 2 is 1.82 bits per heavy atom. The summed E-state index contributed by atoms with van der Waals surface area (Å²) >= 11 is 0. The standard InChI is InChI=1S/C22H23N3O3/c1-6-23-22(20-14-21(27-5)16(3)10-15(20)2)28-19-12-17(11-18(13-19)26-4)25-9-7-8-24-25/h6-14H,1H2,2-5H3/b23-22+. The van der Waals surface area contributed by atoms with Gasteiger partial charge in [-0.25, -0.2) is 9.67 Å². The van der Waals surface area contributed by atoms with Gasteiger partial charge in [0.05, 0.1) is 19.9 Å². The fraction of sp³-hybridized carbons (Fsp3) is 0.182. The van der Waals surface area contributed by atoms with Gasteiger partial charge in [0.2, 0.25) is 5.90 Å². The zero-order valence-corrected chi connectivity index (χ0v) is 16.5. The molecular formula is C22H23N3O3. The van der Waals surface area contributed by atoms with Gasteiger partial charge in [-0.1, -0.05) is 12.6 Å². The molecule has 6 heteroatoms. The van der Waals surface area contributed by atoms with E-state index < -0.39 is 0 Å². The minimum absolute atomic E-state index is 0.422. The molecular weight excluding hydrogens is 354 g/mol. The number of aryl methyl sites for hydroxylation is 2. The molecule has 144 valence electrons. The first kappa shape index (κ1) is 19.2. The van der Waals surface area contributed by atoms with Crippen molar-refractivity contribution in [3.63, 3.8) is 0 Å². The molecule has 0 spiro atoms. The lowest BCUT2D eigenvalue weighted by Gasteiger charge is -2.15. The zero-order valence-electron chi connectivity index (χ0n) is 16.5. The van der Waals surface area contributed by atoms with Crippen molar-refractivity contribution in [1.29, 1.82) is 0 Å². The number of hydrogen-bond acceptors (Lipinski definition) is 5. The maximum absolute atomic E-state index is 6.14. The van der Waals surface area contributed by atoms with Crippen molar-refractivity contribution >= 4 is 5.90 Å². The van der Waals surface area contributed by atoms with Crippen molar-refractivity contribution in [3.8, 4) is 22.9 Å². The molecule has 1 heterocycles. The second kappa shape index (κ2) is 8.43. The van der Waals surface area contributed by atoms with E-state index in [1.54, 1.807) is 31.2 Å². The van der Waals surface area contributed by atoms with Crippen LogP contribution in [0, 0.1) is 13.8 Å². The van der Waals surface area contributed by atoms with Gasteiger partial charge in [-0.05, 0) is 37.1 Å². The summed E-state index contributed by atoms with van der Waals surface area (Å²) in [6.07, 6.45) is 5.02. The van der Waals surface area contributed by atoms with Crippen LogP contribution in [0.5, 0.6) is 17.2 Å². The smallest absolute Gasteiger partial charge is 0.226 e. The highest BCUT2D eigenvalue weighted by molar-refractivity contribution is 5.98. The van der Waals surface area contributed by atoms with Crippen LogP contribution in [0.25, 0.3) is 5.69 Å². The number of nitrogens with zero attached hydrogens (tertiary/aromatic N) is 3. The number of benzene rings is 2. The fourth-order valence-corrected chi connectivity index (χ4v) is 2.92. The van der Waals surface area contributed by atoms with Crippen LogP contribution >= 0.6 is 0 Å². The van der Waals surface area contributed by atoms with E-state index in [9.17, 15) is 0 Å². The SMILES string of the molecule is C=C/N=C(/Oc1cc(OC)cc(-n2cccn2)c1)c1cc(OC)c(C)cc1C. The number of aliphatic imine (C=N–C) groups is 1. The van der Waals surface area contributed by atoms with Gasteiger partial charge in [-0.2, -0.15) is 5.10 Å². The number of ether oxygens (including phenoxy) is 3. The molecule has 0 aliphatic rings. The topological polar surface area (TPSA) is 57.9 Å². The summed E-state index contributed by atoms with van der Waals surface area (Å²) in [4.78, 5) is 4.34. The highest BCUT2D eigenvalue weighted by Crippen LogP contribution is 2.28. The third-order valence-electron chi connectivity index (χ3n) is 4.26. The van der Waals surface area contributed by atoms with Crippen molar-refractivity contribution in [1.82, 2.24) is 9.78 Å². The van der Waals surface area contributed by atoms with E-state index in [0.29, 0.717) is 17.4 Å². The molecule has 0 saturated heterocycles. The summed E-state index contributed by atoms with van der Waals surface area (Å²) in [6, 6.07) is 11.4. The molecule has 0 N–H and O–H groups in total. The van der Waals surface area contributed by atoms with Crippen LogP contribution < -0.4 is 14.2 Å². The van der Waals surface area contributed by atoms with Gasteiger partial charge in [0.15, 0.2) is 0 Å². The quantitative estimate of drug-likeness (QED) is 0.470. The number of aromatic nitrogens is 2. The summed E-state index contributed by atoms with van der Waals surface area (Å²) < 4.78 is 18.8. The van der Waals surface area contributed by atoms with Crippen LogP contribution in [-0.4, -0.2) is 29.9 Å². The Bertz CT molecular complexity index is 1010. The van der Waals surface area contributed by atoms with Gasteiger partial charge in [0, 0.05) is 42.4 Å². The predicted octanol–water partition coefficient (Wildman–Crippen LogP) is 4.48. The van der Waals surface area contributed by atoms with Crippen LogP contribution in [0.15, 0.2) is 66.6 Å². The Morgan fingerprint density at radius 3 is 2.46 bits per heavy atom. The molecule has 0 fully saturated rings. The van der Waals surface area contributed by atoms with E-state index in [2.05, 4.69) is 16.7 Å². The Labute approximate surface area is 164 Å². The second-order valence-corrected chi connectivity index (χ2v) is 6.17. The van der Waals surface area contributed by atoms with Gasteiger partial charge in [0.1, 0.15) is 17.2 Å². The first-order valence-corrected chi connectivity index (χ1v) is 8.77. The van der Waals surface area contributed by atoms with Crippen molar-refractivity contribution in [3.05, 3.63) is 78.3 Å². The molecule has 0 amide bonds. The van der Waals surface area contributed by atoms with Crippen LogP contribution in [0.2, 0.25) is 0 Å². The van der Waals surface area contributed by atoms with Crippen LogP contribution in [0.1, 0.15) is 16.7 Å². The summed E-state index contributed by atoms with van der Waals surface area (Å²) in [5.41, 5.74) is 3.71. The first-order chi connectivity index (χ1) is 13.5. The molecule has 0 aliphatic carbocycles. The highest BCUT2D eigenvalue weighted by Gasteiger charge is 2.14. The number of hydrogen-bond donors (Lipinski definition) is 0. The van der Waals surface area contributed by atoms with Crippen LogP contribution in [0.3, 0.4) is 0 Å². The van der Waals surface area contributed by atoms with Gasteiger partial charge in [0.25, 0.3) is 0 Å². The van der Waals surface area contributed by atoms with E-state index in [0.717, 1.165) is 28.1 Å². The second-order valence-electron chi connectivity index (χ2n) is 6.17. The predicted molar refractivity (Wildman–Crippen MR) is 110 cm³/mol. The molecule has 6 nitrogen and oxygen atoms in total. The fourth-order valence-electron chi connectivity index (χ4n) is 2.92. The Morgan fingerprint density at radius 1 is 1.04 bits per heavy atom. The summed E-state index contributed by atoms with van der Waals surface area (Å²) in [7, 11) is 3.25. The zero-order chi connectivity index (χ0) is 20.1. The Hall–Kier alpha value is -3.54. The maximum Gasteiger partial charge on any atom is 0.226 e. The van der Waals surface area contributed by atoms with E-state index in [4.69, 9.17) is 14.2 Å². The first-order valence-electron chi connectivity index (χ1n) is 8.77. The summed E-state index contributed by atoms with van der Waals surface area (Å²) in [6.45, 7) is 7.72. The summed E-state index contributed by atoms with van der Waals surface area (Å²) in [5.74, 6) is 2.41. The Kier molecular flexibility index (Phi) is 5.79. The molecule has 0 aliphatic heterocycles. The molecule has 28 heavy (non-hydrogen) atoms. The van der Waals surface area contributed by atoms with Crippen LogP contribution in [0.4, 0.5) is 0 Å². The van der Waals surface area contributed by atoms with Gasteiger partial charge >= 0.3 is 0 Å². The van der Waals surface area contributed by atoms with Gasteiger partial charge in [-0.15, -0.1) is 0 Å². The largest absolute Gasteiger partial charge is 0.497 e. The minimum atomic E-state index is 0.422. The Balaban J connectivity index is 2.04. The molecule has 1 aromatic heterocycles. The molecule has 0 unspecified atom stereocenters. The van der Waals surface area contributed by atoms with Crippen molar-refractivity contribution in [2.75, 3.05) is 14.2 Å². The van der Waals surface area contributed by atoms with Gasteiger partial charge < -0.3 is 14.2 Å². The van der Waals surface area contributed by atoms with Crippen molar-refractivity contribution in [2.45, 2.75) is 13.8 Å². The van der Waals surface area contributed by atoms with E-state index >= 15 is 0 Å². The van der Waals surface area contributed by atoms with E-state index in [-0.39, 0.29) is 0 Å². The third-order valence-corrected chi connectivity index (χ3v) is 4.26. The van der Waals surface area contributed by atoms with Crippen molar-refractivity contribution < 1.29 is 14.2 Å². The molecule has 2 aromatic carbocycles. The molecule has 0 saturated carbocycles. The number of methoxy groups -OCH3 is 2. The van der Waals surface area contributed by atoms with Crippen LogP contribution in [-0.2, 0) is 0 Å². The average Bonchev–Trinajstić information content (AvgIpc) is 3.22.